The van der Waals surface area contributed by atoms with Gasteiger partial charge in [-0.2, -0.15) is 17.4 Å². The third-order valence-electron chi connectivity index (χ3n) is 3.55. The van der Waals surface area contributed by atoms with Crippen LogP contribution in [0.2, 0.25) is 0 Å². The lowest BCUT2D eigenvalue weighted by Gasteiger charge is -2.37. The van der Waals surface area contributed by atoms with Crippen molar-refractivity contribution in [2.45, 2.75) is 24.0 Å². The monoisotopic (exact) mass is 348 g/mol. The molecule has 2 bridgehead atoms. The Morgan fingerprint density at radius 1 is 1.18 bits per heavy atom. The van der Waals surface area contributed by atoms with Crippen molar-refractivity contribution in [3.05, 3.63) is 29.8 Å². The lowest BCUT2D eigenvalue weighted by Crippen LogP contribution is -2.59. The normalized spacial score (nSPS) is 29.0. The maximum Gasteiger partial charge on any atom is 0.337 e. The molecule has 0 spiro atoms. The predicted molar refractivity (Wildman–Crippen MR) is 76.6 cm³/mol. The molecule has 3 rings (SSSR count). The number of sulfonamides is 1. The molecule has 0 radical (unpaired) electrons. The van der Waals surface area contributed by atoms with Gasteiger partial charge in [0.2, 0.25) is 10.0 Å². The van der Waals surface area contributed by atoms with E-state index in [1.165, 1.54) is 12.1 Å². The summed E-state index contributed by atoms with van der Waals surface area (Å²) in [6, 6.07) is 5.69. The van der Waals surface area contributed by atoms with Crippen LogP contribution in [0.1, 0.15) is 5.56 Å². The molecule has 0 unspecified atom stereocenters. The Labute approximate surface area is 129 Å². The smallest absolute Gasteiger partial charge is 0.337 e. The van der Waals surface area contributed by atoms with E-state index in [-0.39, 0.29) is 24.7 Å². The average Bonchev–Trinajstić information content (AvgIpc) is 2.52. The molecule has 0 amide bonds. The van der Waals surface area contributed by atoms with E-state index < -0.39 is 32.5 Å². The Hall–Kier alpha value is -1.04. The fourth-order valence-electron chi connectivity index (χ4n) is 2.49. The molecule has 10 heteroatoms. The molecular weight excluding hydrogens is 332 g/mol. The van der Waals surface area contributed by atoms with E-state index in [2.05, 4.69) is 4.72 Å². The third kappa shape index (κ3) is 2.90. The van der Waals surface area contributed by atoms with Crippen LogP contribution in [-0.4, -0.2) is 53.2 Å². The summed E-state index contributed by atoms with van der Waals surface area (Å²) in [6.45, 7) is 1.59. The molecule has 0 aromatic heterocycles. The van der Waals surface area contributed by atoms with E-state index in [1.807, 2.05) is 6.92 Å². The largest absolute Gasteiger partial charge is 0.377 e. The van der Waals surface area contributed by atoms with Gasteiger partial charge in [-0.15, -0.1) is 0 Å². The number of nitrogens with zero attached hydrogens (tertiary/aromatic N) is 1. The summed E-state index contributed by atoms with van der Waals surface area (Å²) in [6.07, 6.45) is -1.02. The summed E-state index contributed by atoms with van der Waals surface area (Å²) < 4.78 is 62.4. The molecule has 2 atom stereocenters. The van der Waals surface area contributed by atoms with Gasteiger partial charge in [-0.3, -0.25) is 4.18 Å². The maximum atomic E-state index is 12.9. The Morgan fingerprint density at radius 3 is 2.55 bits per heavy atom. The highest BCUT2D eigenvalue weighted by Gasteiger charge is 2.45. The van der Waals surface area contributed by atoms with Gasteiger partial charge in [-0.1, -0.05) is 17.7 Å². The molecule has 2 saturated heterocycles. The molecule has 122 valence electrons. The zero-order valence-electron chi connectivity index (χ0n) is 11.8. The number of ether oxygens (including phenoxy) is 1. The first kappa shape index (κ1) is 15.8. The molecule has 2 aliphatic rings. The van der Waals surface area contributed by atoms with Gasteiger partial charge in [0, 0.05) is 0 Å². The van der Waals surface area contributed by atoms with Crippen LogP contribution in [0.15, 0.2) is 29.2 Å². The van der Waals surface area contributed by atoms with Gasteiger partial charge in [0.05, 0.1) is 30.8 Å². The lowest BCUT2D eigenvalue weighted by atomic mass is 10.2. The summed E-state index contributed by atoms with van der Waals surface area (Å²) in [7, 11) is -7.86. The van der Waals surface area contributed by atoms with Gasteiger partial charge < -0.3 is 4.74 Å². The molecule has 2 fully saturated rings. The molecular formula is C12H16N2O6S2. The topological polar surface area (TPSA) is 102 Å². The number of hydrogen-bond donors (Lipinski definition) is 1. The van der Waals surface area contributed by atoms with Gasteiger partial charge >= 0.3 is 10.3 Å². The minimum Gasteiger partial charge on any atom is -0.377 e. The van der Waals surface area contributed by atoms with Crippen molar-refractivity contribution in [2.75, 3.05) is 19.8 Å². The number of morpholine rings is 1. The summed E-state index contributed by atoms with van der Waals surface area (Å²) in [5, 5.41) is 0. The van der Waals surface area contributed by atoms with Crippen LogP contribution in [0.3, 0.4) is 0 Å². The van der Waals surface area contributed by atoms with Crippen molar-refractivity contribution in [3.63, 3.8) is 0 Å². The Bertz CT molecular complexity index is 759. The average molecular weight is 348 g/mol. The third-order valence-corrected chi connectivity index (χ3v) is 6.53. The van der Waals surface area contributed by atoms with E-state index in [0.717, 1.165) is 9.87 Å². The number of aryl methyl sites for hydroxylation is 1. The highest BCUT2D eigenvalue weighted by Crippen LogP contribution is 2.26. The van der Waals surface area contributed by atoms with E-state index in [4.69, 9.17) is 8.92 Å². The SMILES string of the molecule is Cc1ccc(S(=O)(=O)N2[C@H]3COC[C@@H]2NS(=O)(=O)OC3)cc1. The molecule has 1 aromatic carbocycles. The molecule has 1 aromatic rings. The summed E-state index contributed by atoms with van der Waals surface area (Å²) in [5.41, 5.74) is 0.933. The van der Waals surface area contributed by atoms with Crippen molar-refractivity contribution in [1.29, 1.82) is 0 Å². The highest BCUT2D eigenvalue weighted by molar-refractivity contribution is 7.89. The molecule has 0 saturated carbocycles. The lowest BCUT2D eigenvalue weighted by molar-refractivity contribution is -0.0135. The van der Waals surface area contributed by atoms with E-state index >= 15 is 0 Å². The zero-order valence-corrected chi connectivity index (χ0v) is 13.4. The summed E-state index contributed by atoms with van der Waals surface area (Å²) in [5.74, 6) is 0. The first-order valence-electron chi connectivity index (χ1n) is 6.64. The number of hydrogen-bond acceptors (Lipinski definition) is 6. The minimum absolute atomic E-state index is 0.0653. The molecule has 0 aliphatic carbocycles. The number of fused-ring (bicyclic) bond motifs is 2. The van der Waals surface area contributed by atoms with Gasteiger partial charge in [0.15, 0.2) is 0 Å². The van der Waals surface area contributed by atoms with Crippen LogP contribution in [0.25, 0.3) is 0 Å². The van der Waals surface area contributed by atoms with Crippen LogP contribution in [0.5, 0.6) is 0 Å². The standard InChI is InChI=1S/C12H16N2O6S2/c1-9-2-4-11(5-3-9)21(15,16)14-10-6-19-8-12(14)13-22(17,18)20-7-10/h2-5,10,12-13H,6-8H2,1H3/t10-,12+/m0/s1. The summed E-state index contributed by atoms with van der Waals surface area (Å²) in [4.78, 5) is 0.107. The van der Waals surface area contributed by atoms with E-state index in [9.17, 15) is 16.8 Å². The first-order valence-corrected chi connectivity index (χ1v) is 9.49. The summed E-state index contributed by atoms with van der Waals surface area (Å²) >= 11 is 0. The zero-order chi connectivity index (χ0) is 16.0. The fourth-order valence-corrected chi connectivity index (χ4v) is 5.16. The van der Waals surface area contributed by atoms with Crippen LogP contribution < -0.4 is 4.72 Å². The highest BCUT2D eigenvalue weighted by atomic mass is 32.2. The van der Waals surface area contributed by atoms with Gasteiger partial charge in [-0.05, 0) is 19.1 Å². The van der Waals surface area contributed by atoms with Crippen LogP contribution in [-0.2, 0) is 29.2 Å². The quantitative estimate of drug-likeness (QED) is 0.778. The molecule has 8 nitrogen and oxygen atoms in total. The number of benzene rings is 1. The minimum atomic E-state index is -3.99. The number of nitrogens with one attached hydrogen (secondary N) is 1. The van der Waals surface area contributed by atoms with E-state index in [1.54, 1.807) is 12.1 Å². The Morgan fingerprint density at radius 2 is 1.86 bits per heavy atom. The van der Waals surface area contributed by atoms with Crippen molar-refractivity contribution in [2.24, 2.45) is 0 Å². The predicted octanol–water partition coefficient (Wildman–Crippen LogP) is -0.425. The van der Waals surface area contributed by atoms with Gasteiger partial charge in [0.1, 0.15) is 6.17 Å². The molecule has 2 heterocycles. The van der Waals surface area contributed by atoms with Gasteiger partial charge in [0.25, 0.3) is 0 Å². The maximum absolute atomic E-state index is 12.9. The fraction of sp³-hybridized carbons (Fsp3) is 0.500. The molecule has 1 N–H and O–H groups in total. The van der Waals surface area contributed by atoms with Crippen molar-refractivity contribution in [3.8, 4) is 0 Å². The molecule has 22 heavy (non-hydrogen) atoms. The van der Waals surface area contributed by atoms with Crippen LogP contribution >= 0.6 is 0 Å². The Balaban J connectivity index is 2.03. The van der Waals surface area contributed by atoms with Crippen molar-refractivity contribution < 1.29 is 25.8 Å². The van der Waals surface area contributed by atoms with Crippen molar-refractivity contribution in [1.82, 2.24) is 9.03 Å². The van der Waals surface area contributed by atoms with Crippen molar-refractivity contribution >= 4 is 20.3 Å². The molecule has 2 aliphatic heterocycles. The van der Waals surface area contributed by atoms with E-state index in [0.29, 0.717) is 0 Å². The number of rotatable bonds is 2. The second-order valence-electron chi connectivity index (χ2n) is 5.21. The van der Waals surface area contributed by atoms with Gasteiger partial charge in [-0.25, -0.2) is 8.42 Å². The first-order chi connectivity index (χ1) is 10.3. The second kappa shape index (κ2) is 5.55. The van der Waals surface area contributed by atoms with Crippen LogP contribution in [0.4, 0.5) is 0 Å². The Kier molecular flexibility index (Phi) is 4.00. The van der Waals surface area contributed by atoms with Crippen LogP contribution in [0, 0.1) is 6.92 Å². The second-order valence-corrected chi connectivity index (χ2v) is 8.43.